The number of benzene rings is 2. The summed E-state index contributed by atoms with van der Waals surface area (Å²) in [6.07, 6.45) is 2.22. The monoisotopic (exact) mass is 339 g/mol. The SMILES string of the molecule is Cc1cccc2c1cnn2CCC(=O)NCC(C)c1ccc(F)cc1. The molecule has 0 aliphatic carbocycles. The second-order valence-corrected chi connectivity index (χ2v) is 6.38. The van der Waals surface area contributed by atoms with Gasteiger partial charge in [0.15, 0.2) is 0 Å². The summed E-state index contributed by atoms with van der Waals surface area (Å²) in [7, 11) is 0. The molecule has 1 heterocycles. The molecule has 3 aromatic rings. The molecule has 0 saturated carbocycles. The maximum absolute atomic E-state index is 13.0. The van der Waals surface area contributed by atoms with Crippen molar-refractivity contribution in [3.8, 4) is 0 Å². The first-order valence-electron chi connectivity index (χ1n) is 8.48. The van der Waals surface area contributed by atoms with Gasteiger partial charge in [0.25, 0.3) is 0 Å². The number of hydrogen-bond acceptors (Lipinski definition) is 2. The fourth-order valence-corrected chi connectivity index (χ4v) is 2.90. The highest BCUT2D eigenvalue weighted by Crippen LogP contribution is 2.18. The van der Waals surface area contributed by atoms with E-state index < -0.39 is 0 Å². The van der Waals surface area contributed by atoms with Crippen LogP contribution in [0, 0.1) is 12.7 Å². The Balaban J connectivity index is 1.52. The van der Waals surface area contributed by atoms with Crippen LogP contribution in [0.5, 0.6) is 0 Å². The van der Waals surface area contributed by atoms with Crippen molar-refractivity contribution in [2.75, 3.05) is 6.54 Å². The van der Waals surface area contributed by atoms with E-state index in [1.165, 1.54) is 17.7 Å². The standard InChI is InChI=1S/C20H22FN3O/c1-14-4-3-5-19-18(14)13-23-24(19)11-10-20(25)22-12-15(2)16-6-8-17(21)9-7-16/h3-9,13,15H,10-12H2,1-2H3,(H,22,25). The van der Waals surface area contributed by atoms with Crippen LogP contribution in [0.2, 0.25) is 0 Å². The van der Waals surface area contributed by atoms with E-state index in [-0.39, 0.29) is 17.6 Å². The van der Waals surface area contributed by atoms with Crippen LogP contribution >= 0.6 is 0 Å². The maximum Gasteiger partial charge on any atom is 0.221 e. The van der Waals surface area contributed by atoms with Crippen LogP contribution in [0.25, 0.3) is 10.9 Å². The molecule has 130 valence electrons. The second kappa shape index (κ2) is 7.47. The highest BCUT2D eigenvalue weighted by Gasteiger charge is 2.10. The van der Waals surface area contributed by atoms with E-state index in [9.17, 15) is 9.18 Å². The number of amides is 1. The predicted molar refractivity (Wildman–Crippen MR) is 96.9 cm³/mol. The number of aromatic nitrogens is 2. The minimum atomic E-state index is -0.248. The number of rotatable bonds is 6. The summed E-state index contributed by atoms with van der Waals surface area (Å²) in [5.41, 5.74) is 3.24. The molecule has 25 heavy (non-hydrogen) atoms. The van der Waals surface area contributed by atoms with E-state index in [1.54, 1.807) is 12.1 Å². The van der Waals surface area contributed by atoms with Crippen molar-refractivity contribution in [3.63, 3.8) is 0 Å². The highest BCUT2D eigenvalue weighted by atomic mass is 19.1. The lowest BCUT2D eigenvalue weighted by Crippen LogP contribution is -2.28. The first kappa shape index (κ1) is 17.1. The van der Waals surface area contributed by atoms with E-state index in [0.717, 1.165) is 16.5 Å². The van der Waals surface area contributed by atoms with E-state index in [0.29, 0.717) is 19.5 Å². The molecule has 5 heteroatoms. The Kier molecular flexibility index (Phi) is 5.12. The van der Waals surface area contributed by atoms with Gasteiger partial charge in [0.05, 0.1) is 18.3 Å². The molecule has 1 N–H and O–H groups in total. The molecule has 0 radical (unpaired) electrons. The molecule has 0 bridgehead atoms. The van der Waals surface area contributed by atoms with Gasteiger partial charge in [-0.2, -0.15) is 5.10 Å². The van der Waals surface area contributed by atoms with Crippen LogP contribution < -0.4 is 5.32 Å². The molecule has 4 nitrogen and oxygen atoms in total. The zero-order valence-corrected chi connectivity index (χ0v) is 14.5. The average Bonchev–Trinajstić information content (AvgIpc) is 3.03. The summed E-state index contributed by atoms with van der Waals surface area (Å²) < 4.78 is 14.8. The van der Waals surface area contributed by atoms with Crippen LogP contribution in [-0.2, 0) is 11.3 Å². The van der Waals surface area contributed by atoms with E-state index in [1.807, 2.05) is 29.9 Å². The Bertz CT molecular complexity index is 870. The Morgan fingerprint density at radius 2 is 2.00 bits per heavy atom. The number of hydrogen-bond donors (Lipinski definition) is 1. The lowest BCUT2D eigenvalue weighted by Gasteiger charge is -2.13. The smallest absolute Gasteiger partial charge is 0.221 e. The van der Waals surface area contributed by atoms with Crippen molar-refractivity contribution in [2.24, 2.45) is 0 Å². The van der Waals surface area contributed by atoms with Crippen LogP contribution in [0.4, 0.5) is 4.39 Å². The Morgan fingerprint density at radius 3 is 2.76 bits per heavy atom. The van der Waals surface area contributed by atoms with Crippen molar-refractivity contribution in [1.82, 2.24) is 15.1 Å². The van der Waals surface area contributed by atoms with Crippen molar-refractivity contribution < 1.29 is 9.18 Å². The third-order valence-corrected chi connectivity index (χ3v) is 4.50. The summed E-state index contributed by atoms with van der Waals surface area (Å²) in [5, 5.41) is 8.44. The Morgan fingerprint density at radius 1 is 1.24 bits per heavy atom. The lowest BCUT2D eigenvalue weighted by atomic mass is 10.0. The molecular formula is C20H22FN3O. The maximum atomic E-state index is 13.0. The molecule has 0 spiro atoms. The van der Waals surface area contributed by atoms with Gasteiger partial charge in [0.1, 0.15) is 5.82 Å². The summed E-state index contributed by atoms with van der Waals surface area (Å²) in [6, 6.07) is 12.5. The Labute approximate surface area is 146 Å². The van der Waals surface area contributed by atoms with Gasteiger partial charge in [-0.1, -0.05) is 31.2 Å². The number of carbonyl (C=O) groups is 1. The summed E-state index contributed by atoms with van der Waals surface area (Å²) in [4.78, 5) is 12.1. The summed E-state index contributed by atoms with van der Waals surface area (Å²) in [6.45, 7) is 5.14. The molecule has 3 rings (SSSR count). The van der Waals surface area contributed by atoms with Gasteiger partial charge >= 0.3 is 0 Å². The van der Waals surface area contributed by atoms with Gasteiger partial charge in [0, 0.05) is 18.4 Å². The number of aryl methyl sites for hydroxylation is 2. The number of fused-ring (bicyclic) bond motifs is 1. The number of nitrogens with zero attached hydrogens (tertiary/aromatic N) is 2. The summed E-state index contributed by atoms with van der Waals surface area (Å²) >= 11 is 0. The molecule has 0 saturated heterocycles. The van der Waals surface area contributed by atoms with Gasteiger partial charge in [-0.3, -0.25) is 9.48 Å². The van der Waals surface area contributed by atoms with E-state index in [4.69, 9.17) is 0 Å². The van der Waals surface area contributed by atoms with Crippen LogP contribution in [0.3, 0.4) is 0 Å². The van der Waals surface area contributed by atoms with Crippen LogP contribution in [0.15, 0.2) is 48.7 Å². The molecule has 1 amide bonds. The fraction of sp³-hybridized carbons (Fsp3) is 0.300. The molecule has 0 aliphatic heterocycles. The molecule has 1 unspecified atom stereocenters. The van der Waals surface area contributed by atoms with Crippen LogP contribution in [0.1, 0.15) is 30.4 Å². The zero-order valence-electron chi connectivity index (χ0n) is 14.5. The van der Waals surface area contributed by atoms with Gasteiger partial charge in [0.2, 0.25) is 5.91 Å². The topological polar surface area (TPSA) is 46.9 Å². The fourth-order valence-electron chi connectivity index (χ4n) is 2.90. The first-order chi connectivity index (χ1) is 12.0. The van der Waals surface area contributed by atoms with Gasteiger partial charge in [-0.05, 0) is 42.2 Å². The number of carbonyl (C=O) groups excluding carboxylic acids is 1. The zero-order chi connectivity index (χ0) is 17.8. The van der Waals surface area contributed by atoms with Crippen molar-refractivity contribution in [2.45, 2.75) is 32.7 Å². The quantitative estimate of drug-likeness (QED) is 0.743. The minimum Gasteiger partial charge on any atom is -0.355 e. The minimum absolute atomic E-state index is 0.00901. The highest BCUT2D eigenvalue weighted by molar-refractivity contribution is 5.82. The Hall–Kier alpha value is -2.69. The van der Waals surface area contributed by atoms with E-state index >= 15 is 0 Å². The second-order valence-electron chi connectivity index (χ2n) is 6.38. The first-order valence-corrected chi connectivity index (χ1v) is 8.48. The molecule has 1 atom stereocenters. The lowest BCUT2D eigenvalue weighted by molar-refractivity contribution is -0.121. The molecule has 0 fully saturated rings. The third kappa shape index (κ3) is 4.05. The normalized spacial score (nSPS) is 12.3. The predicted octanol–water partition coefficient (Wildman–Crippen LogP) is 3.79. The van der Waals surface area contributed by atoms with Gasteiger partial charge in [-0.15, -0.1) is 0 Å². The van der Waals surface area contributed by atoms with Crippen molar-refractivity contribution >= 4 is 16.8 Å². The number of halogens is 1. The largest absolute Gasteiger partial charge is 0.355 e. The van der Waals surface area contributed by atoms with Crippen molar-refractivity contribution in [3.05, 3.63) is 65.6 Å². The summed E-state index contributed by atoms with van der Waals surface area (Å²) in [5.74, 6) is -0.121. The molecule has 0 aliphatic rings. The average molecular weight is 339 g/mol. The molecule has 1 aromatic heterocycles. The molecule has 2 aromatic carbocycles. The number of nitrogens with one attached hydrogen (secondary N) is 1. The van der Waals surface area contributed by atoms with Gasteiger partial charge in [-0.25, -0.2) is 4.39 Å². The third-order valence-electron chi connectivity index (χ3n) is 4.50. The van der Waals surface area contributed by atoms with E-state index in [2.05, 4.69) is 23.4 Å². The molecular weight excluding hydrogens is 317 g/mol. The van der Waals surface area contributed by atoms with Crippen LogP contribution in [-0.4, -0.2) is 22.2 Å². The van der Waals surface area contributed by atoms with Gasteiger partial charge < -0.3 is 5.32 Å². The van der Waals surface area contributed by atoms with Crippen molar-refractivity contribution in [1.29, 1.82) is 0 Å².